The Kier molecular flexibility index (Phi) is 4.68. The van der Waals surface area contributed by atoms with Crippen molar-refractivity contribution in [1.29, 1.82) is 5.26 Å². The molecule has 2 aromatic rings. The van der Waals surface area contributed by atoms with Gasteiger partial charge in [0.15, 0.2) is 0 Å². The Balaban J connectivity index is 2.22. The molecule has 1 N–H and O–H groups in total. The Morgan fingerprint density at radius 3 is 2.33 bits per heavy atom. The third-order valence-corrected chi connectivity index (χ3v) is 3.28. The number of benzene rings is 2. The van der Waals surface area contributed by atoms with E-state index in [9.17, 15) is 5.26 Å². The van der Waals surface area contributed by atoms with E-state index in [1.807, 2.05) is 67.5 Å². The summed E-state index contributed by atoms with van der Waals surface area (Å²) in [4.78, 5) is 2.03. The number of nitriles is 1. The van der Waals surface area contributed by atoms with Gasteiger partial charge in [-0.2, -0.15) is 5.26 Å². The topological polar surface area (TPSA) is 48.3 Å². The first-order chi connectivity index (χ1) is 10.2. The van der Waals surface area contributed by atoms with E-state index in [0.717, 1.165) is 22.7 Å². The molecule has 4 heteroatoms. The monoisotopic (exact) mass is 281 g/mol. The van der Waals surface area contributed by atoms with E-state index in [1.54, 1.807) is 7.11 Å². The summed E-state index contributed by atoms with van der Waals surface area (Å²) in [5.74, 6) is 0.725. The van der Waals surface area contributed by atoms with Crippen LogP contribution in [0.5, 0.6) is 5.75 Å². The predicted octanol–water partition coefficient (Wildman–Crippen LogP) is 3.44. The van der Waals surface area contributed by atoms with Crippen LogP contribution in [0.1, 0.15) is 11.6 Å². The van der Waals surface area contributed by atoms with Crippen molar-refractivity contribution in [3.63, 3.8) is 0 Å². The fourth-order valence-corrected chi connectivity index (χ4v) is 2.07. The molecular weight excluding hydrogens is 262 g/mol. The van der Waals surface area contributed by atoms with Crippen molar-refractivity contribution in [3.05, 3.63) is 54.1 Å². The lowest BCUT2D eigenvalue weighted by atomic mass is 10.1. The number of ether oxygens (including phenoxy) is 1. The van der Waals surface area contributed by atoms with Crippen LogP contribution in [0.3, 0.4) is 0 Å². The van der Waals surface area contributed by atoms with E-state index in [0.29, 0.717) is 0 Å². The normalized spacial score (nSPS) is 11.3. The smallest absolute Gasteiger partial charge is 0.141 e. The first-order valence-corrected chi connectivity index (χ1v) is 6.72. The van der Waals surface area contributed by atoms with Crippen molar-refractivity contribution < 1.29 is 4.74 Å². The van der Waals surface area contributed by atoms with E-state index in [1.165, 1.54) is 0 Å². The van der Waals surface area contributed by atoms with Gasteiger partial charge >= 0.3 is 0 Å². The standard InChI is InChI=1S/C17H19N3O/c1-20(2)14-10-8-13(9-11-14)16(12-18)19-15-6-4-5-7-17(15)21-3/h4-11,16,19H,1-3H3. The molecule has 1 atom stereocenters. The molecule has 0 aromatic heterocycles. The van der Waals surface area contributed by atoms with Crippen LogP contribution in [0.4, 0.5) is 11.4 Å². The summed E-state index contributed by atoms with van der Waals surface area (Å²) in [6.07, 6.45) is 0. The van der Waals surface area contributed by atoms with Crippen molar-refractivity contribution in [2.75, 3.05) is 31.4 Å². The number of hydrogen-bond acceptors (Lipinski definition) is 4. The number of nitrogens with one attached hydrogen (secondary N) is 1. The maximum Gasteiger partial charge on any atom is 0.141 e. The Hall–Kier alpha value is -2.67. The first kappa shape index (κ1) is 14.7. The van der Waals surface area contributed by atoms with Crippen LogP contribution in [-0.2, 0) is 0 Å². The van der Waals surface area contributed by atoms with Crippen molar-refractivity contribution in [1.82, 2.24) is 0 Å². The molecule has 2 rings (SSSR count). The third kappa shape index (κ3) is 3.46. The molecule has 4 nitrogen and oxygen atoms in total. The molecule has 0 aliphatic carbocycles. The van der Waals surface area contributed by atoms with Gasteiger partial charge in [0.05, 0.1) is 18.9 Å². The fraction of sp³-hybridized carbons (Fsp3) is 0.235. The van der Waals surface area contributed by atoms with Crippen molar-refractivity contribution >= 4 is 11.4 Å². The van der Waals surface area contributed by atoms with E-state index in [2.05, 4.69) is 11.4 Å². The Morgan fingerprint density at radius 1 is 1.10 bits per heavy atom. The number of para-hydroxylation sites is 2. The number of rotatable bonds is 5. The molecule has 0 radical (unpaired) electrons. The quantitative estimate of drug-likeness (QED) is 0.912. The van der Waals surface area contributed by atoms with Crippen LogP contribution in [0.25, 0.3) is 0 Å². The molecule has 0 spiro atoms. The average Bonchev–Trinajstić information content (AvgIpc) is 2.53. The Morgan fingerprint density at radius 2 is 1.76 bits per heavy atom. The van der Waals surface area contributed by atoms with Crippen LogP contribution in [0.15, 0.2) is 48.5 Å². The number of methoxy groups -OCH3 is 1. The zero-order valence-electron chi connectivity index (χ0n) is 12.5. The predicted molar refractivity (Wildman–Crippen MR) is 85.7 cm³/mol. The molecule has 0 aliphatic heterocycles. The second-order valence-corrected chi connectivity index (χ2v) is 4.89. The lowest BCUT2D eigenvalue weighted by molar-refractivity contribution is 0.416. The van der Waals surface area contributed by atoms with Crippen LogP contribution in [0.2, 0.25) is 0 Å². The average molecular weight is 281 g/mol. The van der Waals surface area contributed by atoms with Gasteiger partial charge in [0.2, 0.25) is 0 Å². The van der Waals surface area contributed by atoms with E-state index >= 15 is 0 Å². The van der Waals surface area contributed by atoms with Gasteiger partial charge in [-0.15, -0.1) is 0 Å². The lowest BCUT2D eigenvalue weighted by Crippen LogP contribution is -2.11. The molecule has 108 valence electrons. The minimum Gasteiger partial charge on any atom is -0.495 e. The molecule has 0 amide bonds. The summed E-state index contributed by atoms with van der Waals surface area (Å²) in [7, 11) is 5.60. The van der Waals surface area contributed by atoms with Crippen molar-refractivity contribution in [2.45, 2.75) is 6.04 Å². The van der Waals surface area contributed by atoms with Crippen LogP contribution >= 0.6 is 0 Å². The van der Waals surface area contributed by atoms with Crippen molar-refractivity contribution in [3.8, 4) is 11.8 Å². The summed E-state index contributed by atoms with van der Waals surface area (Å²) in [6, 6.07) is 17.4. The maximum atomic E-state index is 9.42. The molecule has 0 bridgehead atoms. The van der Waals surface area contributed by atoms with Crippen LogP contribution in [-0.4, -0.2) is 21.2 Å². The van der Waals surface area contributed by atoms with E-state index < -0.39 is 6.04 Å². The van der Waals surface area contributed by atoms with Gasteiger partial charge < -0.3 is 15.0 Å². The fourth-order valence-electron chi connectivity index (χ4n) is 2.07. The molecule has 2 aromatic carbocycles. The van der Waals surface area contributed by atoms with Crippen LogP contribution < -0.4 is 15.0 Å². The van der Waals surface area contributed by atoms with Crippen LogP contribution in [0, 0.1) is 11.3 Å². The second-order valence-electron chi connectivity index (χ2n) is 4.89. The summed E-state index contributed by atoms with van der Waals surface area (Å²) in [5.41, 5.74) is 2.84. The Bertz CT molecular complexity index is 629. The van der Waals surface area contributed by atoms with E-state index in [-0.39, 0.29) is 0 Å². The summed E-state index contributed by atoms with van der Waals surface area (Å²) < 4.78 is 5.30. The highest BCUT2D eigenvalue weighted by atomic mass is 16.5. The summed E-state index contributed by atoms with van der Waals surface area (Å²) >= 11 is 0. The Labute approximate surface area is 125 Å². The molecule has 1 unspecified atom stereocenters. The number of nitrogens with zero attached hydrogens (tertiary/aromatic N) is 2. The van der Waals surface area contributed by atoms with Gasteiger partial charge in [-0.05, 0) is 29.8 Å². The minimum atomic E-state index is -0.419. The summed E-state index contributed by atoms with van der Waals surface area (Å²) in [6.45, 7) is 0. The zero-order chi connectivity index (χ0) is 15.2. The van der Waals surface area contributed by atoms with Gasteiger partial charge in [-0.3, -0.25) is 0 Å². The van der Waals surface area contributed by atoms with Gasteiger partial charge in [0.25, 0.3) is 0 Å². The van der Waals surface area contributed by atoms with Gasteiger partial charge in [0.1, 0.15) is 11.8 Å². The highest BCUT2D eigenvalue weighted by molar-refractivity contribution is 5.58. The minimum absolute atomic E-state index is 0.419. The molecule has 0 fully saturated rings. The maximum absolute atomic E-state index is 9.42. The molecular formula is C17H19N3O. The summed E-state index contributed by atoms with van der Waals surface area (Å²) in [5, 5.41) is 12.6. The molecule has 0 aliphatic rings. The highest BCUT2D eigenvalue weighted by Crippen LogP contribution is 2.28. The second kappa shape index (κ2) is 6.67. The SMILES string of the molecule is COc1ccccc1NC(C#N)c1ccc(N(C)C)cc1. The highest BCUT2D eigenvalue weighted by Gasteiger charge is 2.12. The lowest BCUT2D eigenvalue weighted by Gasteiger charge is -2.17. The molecule has 21 heavy (non-hydrogen) atoms. The van der Waals surface area contributed by atoms with Crippen molar-refractivity contribution in [2.24, 2.45) is 0 Å². The first-order valence-electron chi connectivity index (χ1n) is 6.72. The third-order valence-electron chi connectivity index (χ3n) is 3.28. The van der Waals surface area contributed by atoms with Gasteiger partial charge in [0, 0.05) is 19.8 Å². The van der Waals surface area contributed by atoms with Gasteiger partial charge in [-0.1, -0.05) is 24.3 Å². The number of anilines is 2. The molecule has 0 saturated heterocycles. The molecule has 0 heterocycles. The van der Waals surface area contributed by atoms with E-state index in [4.69, 9.17) is 4.74 Å². The largest absolute Gasteiger partial charge is 0.495 e. The molecule has 0 saturated carbocycles. The number of hydrogen-bond donors (Lipinski definition) is 1. The van der Waals surface area contributed by atoms with Gasteiger partial charge in [-0.25, -0.2) is 0 Å². The zero-order valence-corrected chi connectivity index (χ0v) is 12.5.